The minimum absolute atomic E-state index is 0.102. The first-order chi connectivity index (χ1) is 11.1. The van der Waals surface area contributed by atoms with Crippen molar-refractivity contribution in [2.24, 2.45) is 19.1 Å². The minimum Gasteiger partial charge on any atom is -0.283 e. The van der Waals surface area contributed by atoms with Crippen LogP contribution in [0.2, 0.25) is 0 Å². The van der Waals surface area contributed by atoms with E-state index in [1.165, 1.54) is 5.56 Å². The maximum atomic E-state index is 12.5. The molecule has 0 bridgehead atoms. The molecule has 0 aliphatic carbocycles. The van der Waals surface area contributed by atoms with Crippen LogP contribution in [0.5, 0.6) is 0 Å². The lowest BCUT2D eigenvalue weighted by Crippen LogP contribution is -2.16. The van der Waals surface area contributed by atoms with E-state index < -0.39 is 0 Å². The van der Waals surface area contributed by atoms with E-state index >= 15 is 0 Å². The van der Waals surface area contributed by atoms with Crippen molar-refractivity contribution in [2.45, 2.75) is 6.92 Å². The standard InChI is InChI=1S/C19H19N3O/c1-14-9-11-15(12-10-14)13-20-17-18(16-7-5-4-6-8-16)21(2)22(3)19(17)23/h4-13H,1-3H3. The summed E-state index contributed by atoms with van der Waals surface area (Å²) in [7, 11) is 3.62. The zero-order chi connectivity index (χ0) is 16.4. The van der Waals surface area contributed by atoms with E-state index in [-0.39, 0.29) is 5.56 Å². The van der Waals surface area contributed by atoms with Gasteiger partial charge in [-0.25, -0.2) is 4.99 Å². The van der Waals surface area contributed by atoms with Crippen molar-refractivity contribution < 1.29 is 0 Å². The van der Waals surface area contributed by atoms with Gasteiger partial charge in [-0.1, -0.05) is 60.2 Å². The highest BCUT2D eigenvalue weighted by Gasteiger charge is 2.16. The first kappa shape index (κ1) is 15.0. The number of aromatic nitrogens is 2. The second kappa shape index (κ2) is 6.08. The van der Waals surface area contributed by atoms with E-state index in [9.17, 15) is 4.79 Å². The summed E-state index contributed by atoms with van der Waals surface area (Å²) in [6, 6.07) is 17.9. The molecule has 0 unspecified atom stereocenters. The highest BCUT2D eigenvalue weighted by atomic mass is 16.1. The lowest BCUT2D eigenvalue weighted by Gasteiger charge is -2.05. The fraction of sp³-hybridized carbons (Fsp3) is 0.158. The molecule has 3 aromatic rings. The number of rotatable bonds is 3. The van der Waals surface area contributed by atoms with Crippen LogP contribution in [-0.2, 0) is 14.1 Å². The smallest absolute Gasteiger partial charge is 0.283 e. The molecule has 0 fully saturated rings. The lowest BCUT2D eigenvalue weighted by atomic mass is 10.1. The van der Waals surface area contributed by atoms with Crippen LogP contribution >= 0.6 is 0 Å². The molecule has 0 amide bonds. The summed E-state index contributed by atoms with van der Waals surface area (Å²) in [6.45, 7) is 2.04. The van der Waals surface area contributed by atoms with E-state index in [2.05, 4.69) is 4.99 Å². The summed E-state index contributed by atoms with van der Waals surface area (Å²) >= 11 is 0. The molecule has 0 saturated heterocycles. The van der Waals surface area contributed by atoms with Crippen molar-refractivity contribution in [3.8, 4) is 11.3 Å². The molecule has 1 aromatic heterocycles. The van der Waals surface area contributed by atoms with Gasteiger partial charge in [0.05, 0.1) is 5.69 Å². The van der Waals surface area contributed by atoms with Crippen LogP contribution in [-0.4, -0.2) is 15.6 Å². The summed E-state index contributed by atoms with van der Waals surface area (Å²) in [5.41, 5.74) is 4.32. The molecule has 0 spiro atoms. The topological polar surface area (TPSA) is 39.3 Å². The quantitative estimate of drug-likeness (QED) is 0.683. The monoisotopic (exact) mass is 305 g/mol. The normalized spacial score (nSPS) is 11.3. The Balaban J connectivity index is 2.10. The Morgan fingerprint density at radius 3 is 2.22 bits per heavy atom. The van der Waals surface area contributed by atoms with Crippen molar-refractivity contribution in [1.29, 1.82) is 0 Å². The predicted octanol–water partition coefficient (Wildman–Crippen LogP) is 3.45. The largest absolute Gasteiger partial charge is 0.292 e. The maximum Gasteiger partial charge on any atom is 0.292 e. The van der Waals surface area contributed by atoms with Crippen LogP contribution in [0.4, 0.5) is 5.69 Å². The van der Waals surface area contributed by atoms with E-state index in [4.69, 9.17) is 0 Å². The van der Waals surface area contributed by atoms with Crippen LogP contribution < -0.4 is 5.56 Å². The molecule has 0 atom stereocenters. The SMILES string of the molecule is Cc1ccc(C=Nc2c(-c3ccccc3)n(C)n(C)c2=O)cc1. The van der Waals surface area contributed by atoms with Gasteiger partial charge in [-0.15, -0.1) is 0 Å². The molecule has 4 nitrogen and oxygen atoms in total. The van der Waals surface area contributed by atoms with Crippen molar-refractivity contribution in [1.82, 2.24) is 9.36 Å². The van der Waals surface area contributed by atoms with Crippen molar-refractivity contribution in [3.05, 3.63) is 76.1 Å². The minimum atomic E-state index is -0.102. The third-order valence-electron chi connectivity index (χ3n) is 3.96. The average Bonchev–Trinajstić information content (AvgIpc) is 2.79. The van der Waals surface area contributed by atoms with Crippen LogP contribution in [0.15, 0.2) is 64.4 Å². The Morgan fingerprint density at radius 1 is 0.913 bits per heavy atom. The molecular formula is C19H19N3O. The highest BCUT2D eigenvalue weighted by Crippen LogP contribution is 2.27. The van der Waals surface area contributed by atoms with Gasteiger partial charge in [0.2, 0.25) is 0 Å². The van der Waals surface area contributed by atoms with Crippen molar-refractivity contribution >= 4 is 11.9 Å². The highest BCUT2D eigenvalue weighted by molar-refractivity contribution is 5.84. The van der Waals surface area contributed by atoms with Gasteiger partial charge >= 0.3 is 0 Å². The van der Waals surface area contributed by atoms with Gasteiger partial charge in [-0.3, -0.25) is 14.2 Å². The van der Waals surface area contributed by atoms with Gasteiger partial charge in [-0.05, 0) is 12.5 Å². The van der Waals surface area contributed by atoms with E-state index in [1.54, 1.807) is 17.9 Å². The zero-order valence-electron chi connectivity index (χ0n) is 13.5. The molecule has 116 valence electrons. The molecule has 0 aliphatic rings. The second-order valence-corrected chi connectivity index (χ2v) is 5.58. The lowest BCUT2D eigenvalue weighted by molar-refractivity contribution is 0.584. The molecule has 2 aromatic carbocycles. The van der Waals surface area contributed by atoms with Crippen LogP contribution in [0.1, 0.15) is 11.1 Å². The Morgan fingerprint density at radius 2 is 1.57 bits per heavy atom. The van der Waals surface area contributed by atoms with Crippen molar-refractivity contribution in [3.63, 3.8) is 0 Å². The summed E-state index contributed by atoms with van der Waals surface area (Å²) in [6.07, 6.45) is 1.74. The zero-order valence-corrected chi connectivity index (χ0v) is 13.5. The summed E-state index contributed by atoms with van der Waals surface area (Å²) in [5, 5.41) is 0. The summed E-state index contributed by atoms with van der Waals surface area (Å²) in [5.74, 6) is 0. The maximum absolute atomic E-state index is 12.5. The van der Waals surface area contributed by atoms with Gasteiger partial charge in [-0.2, -0.15) is 0 Å². The molecular weight excluding hydrogens is 286 g/mol. The van der Waals surface area contributed by atoms with Crippen molar-refractivity contribution in [2.75, 3.05) is 0 Å². The number of hydrogen-bond acceptors (Lipinski definition) is 2. The van der Waals surface area contributed by atoms with Crippen LogP contribution in [0, 0.1) is 6.92 Å². The number of nitrogens with zero attached hydrogens (tertiary/aromatic N) is 3. The first-order valence-electron chi connectivity index (χ1n) is 7.50. The van der Waals surface area contributed by atoms with Gasteiger partial charge in [0.25, 0.3) is 5.56 Å². The number of aliphatic imine (C=N–C) groups is 1. The van der Waals surface area contributed by atoms with E-state index in [1.807, 2.05) is 73.3 Å². The third kappa shape index (κ3) is 2.88. The fourth-order valence-corrected chi connectivity index (χ4v) is 2.52. The molecule has 0 saturated carbocycles. The molecule has 0 aliphatic heterocycles. The number of aryl methyl sites for hydroxylation is 1. The number of benzene rings is 2. The molecule has 1 heterocycles. The molecule has 0 radical (unpaired) electrons. The Hall–Kier alpha value is -2.88. The molecule has 23 heavy (non-hydrogen) atoms. The Bertz CT molecular complexity index is 900. The van der Waals surface area contributed by atoms with Crippen LogP contribution in [0.25, 0.3) is 11.3 Å². The van der Waals surface area contributed by atoms with Gasteiger partial charge in [0.15, 0.2) is 5.69 Å². The van der Waals surface area contributed by atoms with Gasteiger partial charge in [0.1, 0.15) is 0 Å². The first-order valence-corrected chi connectivity index (χ1v) is 7.50. The van der Waals surface area contributed by atoms with E-state index in [0.29, 0.717) is 5.69 Å². The second-order valence-electron chi connectivity index (χ2n) is 5.58. The Labute approximate surface area is 135 Å². The van der Waals surface area contributed by atoms with Gasteiger partial charge < -0.3 is 0 Å². The predicted molar refractivity (Wildman–Crippen MR) is 94.5 cm³/mol. The number of hydrogen-bond donors (Lipinski definition) is 0. The van der Waals surface area contributed by atoms with Gasteiger partial charge in [0, 0.05) is 25.9 Å². The summed E-state index contributed by atoms with van der Waals surface area (Å²) in [4.78, 5) is 17.0. The fourth-order valence-electron chi connectivity index (χ4n) is 2.52. The third-order valence-corrected chi connectivity index (χ3v) is 3.96. The molecule has 0 N–H and O–H groups in total. The van der Waals surface area contributed by atoms with Crippen LogP contribution in [0.3, 0.4) is 0 Å². The summed E-state index contributed by atoms with van der Waals surface area (Å²) < 4.78 is 3.41. The Kier molecular flexibility index (Phi) is 3.98. The van der Waals surface area contributed by atoms with E-state index in [0.717, 1.165) is 16.8 Å². The average molecular weight is 305 g/mol. The molecule has 4 heteroatoms. The molecule has 3 rings (SSSR count).